The van der Waals surface area contributed by atoms with E-state index in [1.54, 1.807) is 42.7 Å². The van der Waals surface area contributed by atoms with Gasteiger partial charge in [0.05, 0.1) is 42.8 Å². The first-order chi connectivity index (χ1) is 31.5. The van der Waals surface area contributed by atoms with Crippen molar-refractivity contribution in [3.05, 3.63) is 130 Å². The lowest BCUT2D eigenvalue weighted by molar-refractivity contribution is -0.138. The molecule has 66 heavy (non-hydrogen) atoms. The number of benzene rings is 4. The van der Waals surface area contributed by atoms with E-state index in [1.165, 1.54) is 31.2 Å². The van der Waals surface area contributed by atoms with Gasteiger partial charge < -0.3 is 24.8 Å². The van der Waals surface area contributed by atoms with Crippen molar-refractivity contribution in [2.45, 2.75) is 45.0 Å². The van der Waals surface area contributed by atoms with Gasteiger partial charge in [0.2, 0.25) is 0 Å². The normalized spacial score (nSPS) is 16.4. The molecule has 18 heteroatoms. The van der Waals surface area contributed by atoms with Crippen LogP contribution in [-0.2, 0) is 12.4 Å². The van der Waals surface area contributed by atoms with Gasteiger partial charge >= 0.3 is 12.4 Å². The number of Topliss-reactive ketones (excluding diaryl/α,β-unsaturated/α-hetero) is 2. The molecule has 0 aliphatic carbocycles. The molecule has 2 atom stereocenters. The number of alkyl halides is 7. The summed E-state index contributed by atoms with van der Waals surface area (Å²) in [5, 5.41) is 13.4. The number of ketones is 2. The lowest BCUT2D eigenvalue weighted by Gasteiger charge is -2.32. The molecule has 4 aromatic carbocycles. The van der Waals surface area contributed by atoms with Gasteiger partial charge in [-0.1, -0.05) is 23.2 Å². The summed E-state index contributed by atoms with van der Waals surface area (Å²) in [6.07, 6.45) is -1.14. The highest BCUT2D eigenvalue weighted by Gasteiger charge is 2.31. The molecule has 3 N–H and O–H groups in total. The zero-order valence-corrected chi connectivity index (χ0v) is 38.1. The first-order valence-electron chi connectivity index (χ1n) is 21.0. The van der Waals surface area contributed by atoms with Crippen LogP contribution in [0.2, 0.25) is 10.0 Å². The van der Waals surface area contributed by atoms with Crippen molar-refractivity contribution in [1.29, 1.82) is 5.26 Å². The molecule has 0 amide bonds. The van der Waals surface area contributed by atoms with E-state index >= 15 is 0 Å². The maximum absolute atomic E-state index is 12.9. The summed E-state index contributed by atoms with van der Waals surface area (Å²) in [6.45, 7) is 6.17. The number of nitriles is 1. The number of nitrogens with one attached hydrogen (secondary N) is 3. The average Bonchev–Trinajstić information content (AvgIpc) is 3.92. The van der Waals surface area contributed by atoms with E-state index in [0.29, 0.717) is 64.9 Å². The number of H-pyrrole nitrogens is 2. The highest BCUT2D eigenvalue weighted by molar-refractivity contribution is 6.33. The van der Waals surface area contributed by atoms with Crippen LogP contribution in [0.3, 0.4) is 0 Å². The molecule has 4 heterocycles. The van der Waals surface area contributed by atoms with Crippen LogP contribution in [-0.4, -0.2) is 78.3 Å². The van der Waals surface area contributed by atoms with E-state index in [-0.39, 0.29) is 23.4 Å². The van der Waals surface area contributed by atoms with Crippen LogP contribution in [0, 0.1) is 23.2 Å². The van der Waals surface area contributed by atoms with Gasteiger partial charge in [0.25, 0.3) is 0 Å². The van der Waals surface area contributed by atoms with Crippen LogP contribution < -0.4 is 14.8 Å². The monoisotopic (exact) mass is 977 g/mol. The first kappa shape index (κ1) is 51.7. The molecule has 0 radical (unpaired) electrons. The number of aromatic amines is 2. The standard InChI is InChI=1S/C23H22ClF3N2O2.C13H16F3NO.C10H7Cl2NO.C2H3N/c24-17-5-8-21-19(10-17)20(11-28-21)22(30)13-29-9-1-2-15(12-29)14-31-18-6-3-16(4-7-18)23(25,26)27;14-13(15,16)11-3-5-12(6-4-11)18-9-10-2-1-7-17-8-10;11-4-10(14)8-5-13-9-2-1-6(12)3-7(8)9;1-2-3/h3-8,10-11,15,28H,1-2,9,12-14H2;3-6,10,17H,1-2,7-9H2;1-3,5,13H,4H2;1H3. The molecule has 352 valence electrons. The molecule has 9 nitrogen and oxygen atoms in total. The maximum atomic E-state index is 12.9. The van der Waals surface area contributed by atoms with Crippen LogP contribution in [0.1, 0.15) is 64.4 Å². The van der Waals surface area contributed by atoms with Crippen molar-refractivity contribution in [1.82, 2.24) is 20.2 Å². The van der Waals surface area contributed by atoms with E-state index < -0.39 is 23.5 Å². The molecule has 0 saturated carbocycles. The van der Waals surface area contributed by atoms with Crippen LogP contribution in [0.5, 0.6) is 11.5 Å². The third-order valence-electron chi connectivity index (χ3n) is 10.7. The summed E-state index contributed by atoms with van der Waals surface area (Å²) < 4.78 is 86.3. The van der Waals surface area contributed by atoms with Gasteiger partial charge in [-0.2, -0.15) is 31.6 Å². The number of halogens is 9. The fraction of sp³-hybridized carbons (Fsp3) is 0.354. The largest absolute Gasteiger partial charge is 0.493 e. The molecular weight excluding hydrogens is 931 g/mol. The molecule has 0 bridgehead atoms. The third-order valence-corrected chi connectivity index (χ3v) is 11.4. The fourth-order valence-electron chi connectivity index (χ4n) is 7.41. The molecule has 0 spiro atoms. The van der Waals surface area contributed by atoms with E-state index in [2.05, 4.69) is 20.2 Å². The summed E-state index contributed by atoms with van der Waals surface area (Å²) >= 11 is 17.4. The Morgan fingerprint density at radius 2 is 1.20 bits per heavy atom. The van der Waals surface area contributed by atoms with E-state index in [4.69, 9.17) is 49.5 Å². The molecule has 2 aliphatic heterocycles. The number of carbonyl (C=O) groups is 2. The molecule has 2 fully saturated rings. The van der Waals surface area contributed by atoms with Gasteiger partial charge in [-0.05, 0) is 124 Å². The van der Waals surface area contributed by atoms with Crippen molar-refractivity contribution in [2.75, 3.05) is 51.8 Å². The van der Waals surface area contributed by atoms with Crippen molar-refractivity contribution in [3.8, 4) is 17.6 Å². The minimum atomic E-state index is -4.36. The summed E-state index contributed by atoms with van der Waals surface area (Å²) in [5.41, 5.74) is 1.64. The van der Waals surface area contributed by atoms with Crippen LogP contribution in [0.25, 0.3) is 21.8 Å². The van der Waals surface area contributed by atoms with E-state index in [1.807, 2.05) is 12.1 Å². The Morgan fingerprint density at radius 3 is 1.65 bits per heavy atom. The molecule has 2 aromatic heterocycles. The molecule has 2 saturated heterocycles. The quantitative estimate of drug-likeness (QED) is 0.0671. The maximum Gasteiger partial charge on any atom is 0.416 e. The summed E-state index contributed by atoms with van der Waals surface area (Å²) in [5.74, 6) is 1.48. The van der Waals surface area contributed by atoms with E-state index in [0.717, 1.165) is 91.4 Å². The van der Waals surface area contributed by atoms with Crippen LogP contribution in [0.15, 0.2) is 97.3 Å². The predicted octanol–water partition coefficient (Wildman–Crippen LogP) is 12.7. The van der Waals surface area contributed by atoms with Crippen molar-refractivity contribution in [3.63, 3.8) is 0 Å². The Hall–Kier alpha value is -5.24. The van der Waals surface area contributed by atoms with Gasteiger partial charge in [-0.3, -0.25) is 14.5 Å². The minimum Gasteiger partial charge on any atom is -0.493 e. The van der Waals surface area contributed by atoms with Gasteiger partial charge in [0.15, 0.2) is 11.6 Å². The molecule has 2 aliphatic rings. The second-order valence-electron chi connectivity index (χ2n) is 15.6. The topological polar surface area (TPSA) is 123 Å². The summed E-state index contributed by atoms with van der Waals surface area (Å²) in [4.78, 5) is 32.5. The number of aromatic nitrogens is 2. The molecule has 6 aromatic rings. The smallest absolute Gasteiger partial charge is 0.416 e. The van der Waals surface area contributed by atoms with E-state index in [9.17, 15) is 35.9 Å². The van der Waals surface area contributed by atoms with Gasteiger partial charge in [-0.25, -0.2) is 0 Å². The number of hydrogen-bond donors (Lipinski definition) is 3. The number of hydrogen-bond acceptors (Lipinski definition) is 7. The Balaban J connectivity index is 0.000000197. The molecule has 8 rings (SSSR count). The number of nitrogens with zero attached hydrogens (tertiary/aromatic N) is 2. The predicted molar refractivity (Wildman–Crippen MR) is 246 cm³/mol. The number of rotatable bonds is 11. The zero-order valence-electron chi connectivity index (χ0n) is 35.8. The number of ether oxygens (including phenoxy) is 2. The highest BCUT2D eigenvalue weighted by atomic mass is 35.5. The van der Waals surface area contributed by atoms with Crippen LogP contribution in [0.4, 0.5) is 26.3 Å². The SMILES string of the molecule is CC#N.FC(F)(F)c1ccc(OCC2CCCNC2)cc1.O=C(CCl)c1c[nH]c2ccc(Cl)cc12.O=C(CN1CCCC(COc2ccc(C(F)(F)F)cc2)C1)c1c[nH]c2ccc(Cl)cc12. The lowest BCUT2D eigenvalue weighted by atomic mass is 9.98. The highest BCUT2D eigenvalue weighted by Crippen LogP contribution is 2.32. The van der Waals surface area contributed by atoms with Gasteiger partial charge in [-0.15, -0.1) is 11.6 Å². The first-order valence-corrected chi connectivity index (χ1v) is 22.3. The van der Waals surface area contributed by atoms with Crippen molar-refractivity contribution in [2.24, 2.45) is 11.8 Å². The molecular formula is C48H48Cl3F6N5O4. The van der Waals surface area contributed by atoms with Gasteiger partial charge in [0, 0.05) is 87.2 Å². The fourth-order valence-corrected chi connectivity index (χ4v) is 7.90. The second-order valence-corrected chi connectivity index (χ2v) is 16.8. The van der Waals surface area contributed by atoms with Crippen molar-refractivity contribution < 1.29 is 45.4 Å². The summed E-state index contributed by atoms with van der Waals surface area (Å²) in [6, 6.07) is 22.1. The number of carbonyl (C=O) groups excluding carboxylic acids is 2. The Labute approximate surface area is 393 Å². The average molecular weight is 979 g/mol. The number of likely N-dealkylation sites (tertiary alicyclic amines) is 1. The number of piperidine rings is 2. The Kier molecular flexibility index (Phi) is 19.2. The lowest BCUT2D eigenvalue weighted by Crippen LogP contribution is -2.40. The number of fused-ring (bicyclic) bond motifs is 2. The van der Waals surface area contributed by atoms with Gasteiger partial charge in [0.1, 0.15) is 11.5 Å². The minimum absolute atomic E-state index is 0.0144. The van der Waals surface area contributed by atoms with Crippen molar-refractivity contribution >= 4 is 68.2 Å². The Morgan fingerprint density at radius 1 is 0.727 bits per heavy atom. The summed E-state index contributed by atoms with van der Waals surface area (Å²) in [7, 11) is 0. The van der Waals surface area contributed by atoms with Crippen LogP contribution >= 0.6 is 34.8 Å². The second kappa shape index (κ2) is 24.5. The molecule has 2 unspecified atom stereocenters. The Bertz CT molecular complexity index is 2530. The third kappa shape index (κ3) is 15.4. The zero-order chi connectivity index (χ0) is 47.9.